The van der Waals surface area contributed by atoms with Gasteiger partial charge in [-0.15, -0.1) is 0 Å². The molecule has 1 aliphatic rings. The van der Waals surface area contributed by atoms with E-state index in [0.717, 1.165) is 25.2 Å². The number of hydrogen-bond acceptors (Lipinski definition) is 6. The topological polar surface area (TPSA) is 73.5 Å². The van der Waals surface area contributed by atoms with Crippen molar-refractivity contribution in [3.05, 3.63) is 6.33 Å². The maximum atomic E-state index is 6.14. The Morgan fingerprint density at radius 1 is 1.47 bits per heavy atom. The Morgan fingerprint density at radius 3 is 3.05 bits per heavy atom. The second kappa shape index (κ2) is 6.56. The first-order valence-electron chi connectivity index (χ1n) is 6.85. The molecule has 1 saturated heterocycles. The zero-order valence-corrected chi connectivity index (χ0v) is 11.6. The van der Waals surface area contributed by atoms with Crippen molar-refractivity contribution in [3.8, 4) is 5.88 Å². The molecule has 0 saturated carbocycles. The highest BCUT2D eigenvalue weighted by atomic mass is 16.5. The van der Waals surface area contributed by atoms with Gasteiger partial charge in [0.1, 0.15) is 12.0 Å². The van der Waals surface area contributed by atoms with Crippen LogP contribution < -0.4 is 15.4 Å². The van der Waals surface area contributed by atoms with Gasteiger partial charge in [0.05, 0.1) is 25.9 Å². The van der Waals surface area contributed by atoms with Gasteiger partial charge in [0.15, 0.2) is 5.82 Å². The van der Waals surface area contributed by atoms with Crippen molar-refractivity contribution in [1.82, 2.24) is 9.97 Å². The van der Waals surface area contributed by atoms with Crippen molar-refractivity contribution < 1.29 is 9.47 Å². The molecule has 1 fully saturated rings. The minimum absolute atomic E-state index is 0.310. The van der Waals surface area contributed by atoms with E-state index >= 15 is 0 Å². The molecular formula is C13H22N4O2. The molecule has 0 spiro atoms. The van der Waals surface area contributed by atoms with E-state index in [-0.39, 0.29) is 0 Å². The number of aromatic nitrogens is 2. The summed E-state index contributed by atoms with van der Waals surface area (Å²) in [4.78, 5) is 10.6. The Kier molecular flexibility index (Phi) is 4.79. The molecule has 106 valence electrons. The minimum Gasteiger partial charge on any atom is -0.476 e. The van der Waals surface area contributed by atoms with Gasteiger partial charge < -0.3 is 20.1 Å². The Labute approximate surface area is 113 Å². The van der Waals surface area contributed by atoms with Crippen molar-refractivity contribution in [2.45, 2.75) is 32.7 Å². The smallest absolute Gasteiger partial charge is 0.242 e. The Hall–Kier alpha value is -1.56. The van der Waals surface area contributed by atoms with Crippen LogP contribution in [0.2, 0.25) is 0 Å². The van der Waals surface area contributed by atoms with Crippen molar-refractivity contribution >= 4 is 11.5 Å². The van der Waals surface area contributed by atoms with Crippen LogP contribution in [0.15, 0.2) is 6.33 Å². The lowest BCUT2D eigenvalue weighted by Gasteiger charge is -2.36. The average Bonchev–Trinajstić information content (AvgIpc) is 2.46. The van der Waals surface area contributed by atoms with E-state index in [1.165, 1.54) is 6.33 Å². The maximum absolute atomic E-state index is 6.14. The summed E-state index contributed by atoms with van der Waals surface area (Å²) < 4.78 is 11.1. The normalized spacial score (nSPS) is 19.5. The van der Waals surface area contributed by atoms with Gasteiger partial charge in [-0.1, -0.05) is 13.8 Å². The number of rotatable bonds is 5. The molecule has 1 aromatic heterocycles. The summed E-state index contributed by atoms with van der Waals surface area (Å²) in [6, 6.07) is 0.310. The summed E-state index contributed by atoms with van der Waals surface area (Å²) in [6.45, 7) is 7.01. The van der Waals surface area contributed by atoms with Gasteiger partial charge in [-0.25, -0.2) is 4.98 Å². The van der Waals surface area contributed by atoms with Crippen LogP contribution in [-0.2, 0) is 4.74 Å². The van der Waals surface area contributed by atoms with Crippen molar-refractivity contribution in [2.75, 3.05) is 37.0 Å². The second-order valence-electron chi connectivity index (χ2n) is 4.59. The standard InChI is InChI=1S/C13H22N4O2/c1-3-6-19-13-11(14)12(15-9-16-13)17-5-7-18-8-10(17)4-2/h9-10H,3-8,14H2,1-2H3. The first-order chi connectivity index (χ1) is 9.27. The van der Waals surface area contributed by atoms with Gasteiger partial charge in [-0.2, -0.15) is 4.98 Å². The summed E-state index contributed by atoms with van der Waals surface area (Å²) in [5.74, 6) is 1.24. The Bertz CT molecular complexity index is 414. The van der Waals surface area contributed by atoms with Crippen LogP contribution in [0.1, 0.15) is 26.7 Å². The van der Waals surface area contributed by atoms with Crippen molar-refractivity contribution in [2.24, 2.45) is 0 Å². The van der Waals surface area contributed by atoms with E-state index in [0.29, 0.717) is 37.4 Å². The lowest BCUT2D eigenvalue weighted by atomic mass is 10.1. The molecule has 0 bridgehead atoms. The SMILES string of the molecule is CCCOc1ncnc(N2CCOCC2CC)c1N. The van der Waals surface area contributed by atoms with Crippen LogP contribution in [0.5, 0.6) is 5.88 Å². The summed E-state index contributed by atoms with van der Waals surface area (Å²) in [5.41, 5.74) is 6.66. The molecule has 2 N–H and O–H groups in total. The molecule has 6 nitrogen and oxygen atoms in total. The van der Waals surface area contributed by atoms with E-state index in [1.54, 1.807) is 0 Å². The first kappa shape index (κ1) is 13.9. The molecule has 2 heterocycles. The fourth-order valence-electron chi connectivity index (χ4n) is 2.19. The molecule has 1 unspecified atom stereocenters. The Balaban J connectivity index is 2.22. The summed E-state index contributed by atoms with van der Waals surface area (Å²) in [7, 11) is 0. The first-order valence-corrected chi connectivity index (χ1v) is 6.85. The van der Waals surface area contributed by atoms with Gasteiger partial charge in [0, 0.05) is 6.54 Å². The highest BCUT2D eigenvalue weighted by Gasteiger charge is 2.25. The third kappa shape index (κ3) is 3.07. The van der Waals surface area contributed by atoms with Crippen LogP contribution in [0, 0.1) is 0 Å². The van der Waals surface area contributed by atoms with Gasteiger partial charge in [-0.05, 0) is 12.8 Å². The molecular weight excluding hydrogens is 244 g/mol. The highest BCUT2D eigenvalue weighted by molar-refractivity contribution is 5.68. The minimum atomic E-state index is 0.310. The molecule has 1 atom stereocenters. The quantitative estimate of drug-likeness (QED) is 0.870. The van der Waals surface area contributed by atoms with Gasteiger partial charge in [0.2, 0.25) is 5.88 Å². The number of ether oxygens (including phenoxy) is 2. The van der Waals surface area contributed by atoms with Crippen molar-refractivity contribution in [1.29, 1.82) is 0 Å². The molecule has 6 heteroatoms. The second-order valence-corrected chi connectivity index (χ2v) is 4.59. The molecule has 0 aromatic carbocycles. The molecule has 1 aliphatic heterocycles. The predicted octanol–water partition coefficient (Wildman–Crippen LogP) is 1.46. The van der Waals surface area contributed by atoms with E-state index in [1.807, 2.05) is 6.92 Å². The Morgan fingerprint density at radius 2 is 2.32 bits per heavy atom. The fourth-order valence-corrected chi connectivity index (χ4v) is 2.19. The fraction of sp³-hybridized carbons (Fsp3) is 0.692. The molecule has 0 amide bonds. The third-order valence-corrected chi connectivity index (χ3v) is 3.24. The van der Waals surface area contributed by atoms with Crippen LogP contribution in [0.3, 0.4) is 0 Å². The van der Waals surface area contributed by atoms with E-state index in [4.69, 9.17) is 15.2 Å². The summed E-state index contributed by atoms with van der Waals surface area (Å²) in [6.07, 6.45) is 3.43. The van der Waals surface area contributed by atoms with Gasteiger partial charge >= 0.3 is 0 Å². The van der Waals surface area contributed by atoms with E-state index in [2.05, 4.69) is 21.8 Å². The van der Waals surface area contributed by atoms with Gasteiger partial charge in [-0.3, -0.25) is 0 Å². The van der Waals surface area contributed by atoms with Crippen LogP contribution in [-0.4, -0.2) is 42.4 Å². The zero-order valence-electron chi connectivity index (χ0n) is 11.6. The van der Waals surface area contributed by atoms with Crippen LogP contribution in [0.25, 0.3) is 0 Å². The number of nitrogens with two attached hydrogens (primary N) is 1. The van der Waals surface area contributed by atoms with Crippen LogP contribution in [0.4, 0.5) is 11.5 Å². The van der Waals surface area contributed by atoms with Crippen molar-refractivity contribution in [3.63, 3.8) is 0 Å². The molecule has 1 aromatic rings. The summed E-state index contributed by atoms with van der Waals surface area (Å²) >= 11 is 0. The third-order valence-electron chi connectivity index (χ3n) is 3.24. The van der Waals surface area contributed by atoms with Gasteiger partial charge in [0.25, 0.3) is 0 Å². The largest absolute Gasteiger partial charge is 0.476 e. The van der Waals surface area contributed by atoms with Crippen LogP contribution >= 0.6 is 0 Å². The number of nitrogen functional groups attached to an aromatic ring is 1. The van der Waals surface area contributed by atoms with E-state index in [9.17, 15) is 0 Å². The molecule has 2 rings (SSSR count). The monoisotopic (exact) mass is 266 g/mol. The number of anilines is 2. The number of morpholine rings is 1. The number of hydrogen-bond donors (Lipinski definition) is 1. The molecule has 0 radical (unpaired) electrons. The van der Waals surface area contributed by atoms with E-state index < -0.39 is 0 Å². The maximum Gasteiger partial charge on any atom is 0.242 e. The lowest BCUT2D eigenvalue weighted by molar-refractivity contribution is 0.0926. The average molecular weight is 266 g/mol. The lowest BCUT2D eigenvalue weighted by Crippen LogP contribution is -2.46. The highest BCUT2D eigenvalue weighted by Crippen LogP contribution is 2.30. The number of nitrogens with zero attached hydrogens (tertiary/aromatic N) is 3. The zero-order chi connectivity index (χ0) is 13.7. The molecule has 0 aliphatic carbocycles. The predicted molar refractivity (Wildman–Crippen MR) is 74.5 cm³/mol. The molecule has 19 heavy (non-hydrogen) atoms. The summed E-state index contributed by atoms with van der Waals surface area (Å²) in [5, 5.41) is 0.